The van der Waals surface area contributed by atoms with Crippen molar-refractivity contribution in [3.05, 3.63) is 94.3 Å². The van der Waals surface area contributed by atoms with E-state index >= 15 is 0 Å². The van der Waals surface area contributed by atoms with Crippen LogP contribution < -0.4 is 10.6 Å². The number of nitrogens with zero attached hydrogens (tertiary/aromatic N) is 2. The summed E-state index contributed by atoms with van der Waals surface area (Å²) in [4.78, 5) is 31.9. The van der Waals surface area contributed by atoms with E-state index in [1.54, 1.807) is 6.20 Å². The average Bonchev–Trinajstić information content (AvgIpc) is 2.81. The lowest BCUT2D eigenvalue weighted by molar-refractivity contribution is -0.136. The van der Waals surface area contributed by atoms with Crippen LogP contribution in [-0.4, -0.2) is 34.8 Å². The summed E-state index contributed by atoms with van der Waals surface area (Å²) < 4.78 is 0. The van der Waals surface area contributed by atoms with Gasteiger partial charge in [-0.3, -0.25) is 19.5 Å². The lowest BCUT2D eigenvalue weighted by Gasteiger charge is -2.35. The van der Waals surface area contributed by atoms with E-state index in [1.165, 1.54) is 11.1 Å². The zero-order valence-electron chi connectivity index (χ0n) is 19.4. The summed E-state index contributed by atoms with van der Waals surface area (Å²) >= 11 is 0. The van der Waals surface area contributed by atoms with Crippen LogP contribution in [0.25, 0.3) is 0 Å². The first kappa shape index (κ1) is 22.7. The highest BCUT2D eigenvalue weighted by atomic mass is 16.2. The van der Waals surface area contributed by atoms with Crippen molar-refractivity contribution in [3.8, 4) is 0 Å². The molecular weight excluding hydrogens is 412 g/mol. The predicted molar refractivity (Wildman–Crippen MR) is 130 cm³/mol. The van der Waals surface area contributed by atoms with Crippen LogP contribution in [0.4, 0.5) is 5.69 Å². The van der Waals surface area contributed by atoms with Crippen LogP contribution in [0, 0.1) is 20.8 Å². The maximum Gasteiger partial charge on any atom is 0.313 e. The third-order valence-electron chi connectivity index (χ3n) is 6.25. The molecule has 6 nitrogen and oxygen atoms in total. The van der Waals surface area contributed by atoms with E-state index in [0.717, 1.165) is 41.8 Å². The highest BCUT2D eigenvalue weighted by Crippen LogP contribution is 2.27. The molecule has 0 fully saturated rings. The van der Waals surface area contributed by atoms with E-state index < -0.39 is 11.8 Å². The first-order valence-electron chi connectivity index (χ1n) is 11.3. The van der Waals surface area contributed by atoms with Gasteiger partial charge in [0.15, 0.2) is 0 Å². The van der Waals surface area contributed by atoms with Gasteiger partial charge in [0.2, 0.25) is 0 Å². The van der Waals surface area contributed by atoms with Crippen molar-refractivity contribution in [3.63, 3.8) is 0 Å². The van der Waals surface area contributed by atoms with Crippen LogP contribution in [-0.2, 0) is 22.6 Å². The third-order valence-corrected chi connectivity index (χ3v) is 6.25. The molecule has 170 valence electrons. The van der Waals surface area contributed by atoms with Crippen LogP contribution in [0.15, 0.2) is 60.9 Å². The number of carbonyl (C=O) groups excluding carboxylic acids is 2. The van der Waals surface area contributed by atoms with Gasteiger partial charge in [-0.25, -0.2) is 0 Å². The molecule has 2 amide bonds. The van der Waals surface area contributed by atoms with Gasteiger partial charge in [-0.05, 0) is 61.1 Å². The molecule has 0 spiro atoms. The molecule has 4 rings (SSSR count). The molecule has 0 bridgehead atoms. The molecule has 0 aliphatic carbocycles. The second-order valence-corrected chi connectivity index (χ2v) is 8.73. The number of carbonyl (C=O) groups is 2. The van der Waals surface area contributed by atoms with E-state index in [2.05, 4.69) is 44.8 Å². The lowest BCUT2D eigenvalue weighted by Crippen LogP contribution is -2.43. The number of benzene rings is 2. The Balaban J connectivity index is 1.46. The Kier molecular flexibility index (Phi) is 6.84. The van der Waals surface area contributed by atoms with Gasteiger partial charge in [-0.15, -0.1) is 0 Å². The lowest BCUT2D eigenvalue weighted by atomic mass is 9.97. The second-order valence-electron chi connectivity index (χ2n) is 8.73. The van der Waals surface area contributed by atoms with Crippen molar-refractivity contribution < 1.29 is 9.59 Å². The fourth-order valence-electron chi connectivity index (χ4n) is 4.63. The van der Waals surface area contributed by atoms with Gasteiger partial charge in [-0.1, -0.05) is 48.0 Å². The van der Waals surface area contributed by atoms with E-state index in [9.17, 15) is 9.59 Å². The number of pyridine rings is 1. The summed E-state index contributed by atoms with van der Waals surface area (Å²) in [5.74, 6) is -1.29. The zero-order valence-corrected chi connectivity index (χ0v) is 19.4. The van der Waals surface area contributed by atoms with Crippen LogP contribution >= 0.6 is 0 Å². The number of aryl methyl sites for hydroxylation is 3. The Morgan fingerprint density at radius 2 is 1.73 bits per heavy atom. The highest BCUT2D eigenvalue weighted by molar-refractivity contribution is 6.39. The quantitative estimate of drug-likeness (QED) is 0.589. The molecule has 6 heteroatoms. The molecular formula is C27H30N4O2. The Morgan fingerprint density at radius 1 is 1.00 bits per heavy atom. The number of nitrogens with one attached hydrogen (secondary N) is 2. The van der Waals surface area contributed by atoms with Crippen molar-refractivity contribution in [2.75, 3.05) is 18.4 Å². The second kappa shape index (κ2) is 9.96. The first-order valence-corrected chi connectivity index (χ1v) is 11.3. The molecule has 1 unspecified atom stereocenters. The monoisotopic (exact) mass is 442 g/mol. The molecule has 1 aromatic heterocycles. The SMILES string of the molecule is Cc1cc(C)c(NC(=O)C(=O)NCC(c2cccnc2)N2CCc3ccccc3C2)c(C)c1. The largest absolute Gasteiger partial charge is 0.346 e. The number of rotatable bonds is 5. The molecule has 0 saturated carbocycles. The van der Waals surface area contributed by atoms with E-state index in [1.807, 2.05) is 51.2 Å². The van der Waals surface area contributed by atoms with Crippen LogP contribution in [0.1, 0.15) is 39.4 Å². The van der Waals surface area contributed by atoms with E-state index in [4.69, 9.17) is 0 Å². The minimum absolute atomic E-state index is 0.0772. The molecule has 2 heterocycles. The minimum Gasteiger partial charge on any atom is -0.346 e. The number of aromatic nitrogens is 1. The number of anilines is 1. The molecule has 33 heavy (non-hydrogen) atoms. The fourth-order valence-corrected chi connectivity index (χ4v) is 4.63. The smallest absolute Gasteiger partial charge is 0.313 e. The van der Waals surface area contributed by atoms with Gasteiger partial charge in [0.05, 0.1) is 6.04 Å². The highest BCUT2D eigenvalue weighted by Gasteiger charge is 2.26. The minimum atomic E-state index is -0.654. The predicted octanol–water partition coefficient (Wildman–Crippen LogP) is 3.86. The number of fused-ring (bicyclic) bond motifs is 1. The molecule has 2 N–H and O–H groups in total. The maximum absolute atomic E-state index is 12.7. The van der Waals surface area contributed by atoms with E-state index in [0.29, 0.717) is 12.2 Å². The summed E-state index contributed by atoms with van der Waals surface area (Å²) in [6, 6.07) is 16.3. The summed E-state index contributed by atoms with van der Waals surface area (Å²) in [5.41, 5.74) is 7.37. The third kappa shape index (κ3) is 5.29. The topological polar surface area (TPSA) is 74.3 Å². The summed E-state index contributed by atoms with van der Waals surface area (Å²) in [7, 11) is 0. The molecule has 3 aromatic rings. The molecule has 0 saturated heterocycles. The summed E-state index contributed by atoms with van der Waals surface area (Å²) in [6.45, 7) is 7.86. The van der Waals surface area contributed by atoms with E-state index in [-0.39, 0.29) is 6.04 Å². The zero-order chi connectivity index (χ0) is 23.4. The van der Waals surface area contributed by atoms with Crippen molar-refractivity contribution in [2.24, 2.45) is 0 Å². The number of hydrogen-bond donors (Lipinski definition) is 2. The van der Waals surface area contributed by atoms with Gasteiger partial charge in [0, 0.05) is 37.7 Å². The fraction of sp³-hybridized carbons (Fsp3) is 0.296. The number of hydrogen-bond acceptors (Lipinski definition) is 4. The summed E-state index contributed by atoms with van der Waals surface area (Å²) in [5, 5.41) is 5.64. The molecule has 2 aromatic carbocycles. The van der Waals surface area contributed by atoms with Gasteiger partial charge in [-0.2, -0.15) is 0 Å². The molecule has 0 radical (unpaired) electrons. The first-order chi connectivity index (χ1) is 15.9. The summed E-state index contributed by atoms with van der Waals surface area (Å²) in [6.07, 6.45) is 4.52. The maximum atomic E-state index is 12.7. The average molecular weight is 443 g/mol. The Labute approximate surface area is 195 Å². The molecule has 1 atom stereocenters. The van der Waals surface area contributed by atoms with Gasteiger partial charge in [0.25, 0.3) is 0 Å². The van der Waals surface area contributed by atoms with Crippen LogP contribution in [0.3, 0.4) is 0 Å². The van der Waals surface area contributed by atoms with Crippen molar-refractivity contribution in [2.45, 2.75) is 39.8 Å². The standard InChI is InChI=1S/C27H30N4O2/c1-18-13-19(2)25(20(3)14-18)30-27(33)26(32)29-16-24(22-9-6-11-28-15-22)31-12-10-21-7-4-5-8-23(21)17-31/h4-9,11,13-15,24H,10,12,16-17H2,1-3H3,(H,29,32)(H,30,33). The van der Waals surface area contributed by atoms with Crippen molar-refractivity contribution in [1.82, 2.24) is 15.2 Å². The van der Waals surface area contributed by atoms with Gasteiger partial charge >= 0.3 is 11.8 Å². The van der Waals surface area contributed by atoms with Crippen LogP contribution in [0.2, 0.25) is 0 Å². The normalized spacial score (nSPS) is 14.3. The Morgan fingerprint density at radius 3 is 2.42 bits per heavy atom. The molecule has 1 aliphatic rings. The number of amides is 2. The Bertz CT molecular complexity index is 1140. The van der Waals surface area contributed by atoms with Crippen LogP contribution in [0.5, 0.6) is 0 Å². The Hall–Kier alpha value is -3.51. The van der Waals surface area contributed by atoms with Crippen molar-refractivity contribution >= 4 is 17.5 Å². The van der Waals surface area contributed by atoms with Gasteiger partial charge < -0.3 is 10.6 Å². The van der Waals surface area contributed by atoms with Gasteiger partial charge in [0.1, 0.15) is 0 Å². The molecule has 1 aliphatic heterocycles. The van der Waals surface area contributed by atoms with Crippen molar-refractivity contribution in [1.29, 1.82) is 0 Å².